The number of hydrogen-bond acceptors (Lipinski definition) is 3. The summed E-state index contributed by atoms with van der Waals surface area (Å²) in [6.07, 6.45) is 6.13. The number of rotatable bonds is 7. The van der Waals surface area contributed by atoms with Gasteiger partial charge in [0, 0.05) is 18.2 Å². The van der Waals surface area contributed by atoms with E-state index in [1.807, 2.05) is 36.4 Å². The van der Waals surface area contributed by atoms with Crippen molar-refractivity contribution >= 4 is 0 Å². The van der Waals surface area contributed by atoms with E-state index in [9.17, 15) is 5.11 Å². The Morgan fingerprint density at radius 3 is 2.64 bits per heavy atom. The largest absolute Gasteiger partial charge is 0.508 e. The van der Waals surface area contributed by atoms with Crippen molar-refractivity contribution in [2.45, 2.75) is 25.9 Å². The first-order chi connectivity index (χ1) is 10.7. The first-order valence-corrected chi connectivity index (χ1v) is 7.34. The van der Waals surface area contributed by atoms with E-state index in [1.54, 1.807) is 12.1 Å². The van der Waals surface area contributed by atoms with Crippen molar-refractivity contribution in [3.8, 4) is 23.8 Å². The van der Waals surface area contributed by atoms with Crippen molar-refractivity contribution in [1.82, 2.24) is 5.32 Å². The van der Waals surface area contributed by atoms with Gasteiger partial charge in [-0.3, -0.25) is 0 Å². The summed E-state index contributed by atoms with van der Waals surface area (Å²) in [5.74, 6) is 3.60. The van der Waals surface area contributed by atoms with Gasteiger partial charge >= 0.3 is 0 Å². The highest BCUT2D eigenvalue weighted by Crippen LogP contribution is 2.18. The van der Waals surface area contributed by atoms with Crippen molar-refractivity contribution in [3.63, 3.8) is 0 Å². The average molecular weight is 295 g/mol. The van der Waals surface area contributed by atoms with Crippen molar-refractivity contribution < 1.29 is 9.84 Å². The summed E-state index contributed by atoms with van der Waals surface area (Å²) in [5.41, 5.74) is 2.28. The highest BCUT2D eigenvalue weighted by Gasteiger charge is 2.06. The molecule has 0 radical (unpaired) electrons. The molecule has 0 saturated carbocycles. The summed E-state index contributed by atoms with van der Waals surface area (Å²) >= 11 is 0. The summed E-state index contributed by atoms with van der Waals surface area (Å²) in [6.45, 7) is 3.14. The lowest BCUT2D eigenvalue weighted by atomic mass is 10.1. The molecule has 2 aromatic carbocycles. The quantitative estimate of drug-likeness (QED) is 0.771. The number of nitrogens with one attached hydrogen (secondary N) is 1. The zero-order valence-electron chi connectivity index (χ0n) is 12.8. The minimum absolute atomic E-state index is 0.278. The van der Waals surface area contributed by atoms with E-state index in [4.69, 9.17) is 11.2 Å². The van der Waals surface area contributed by atoms with Crippen LogP contribution in [0.4, 0.5) is 0 Å². The fourth-order valence-corrected chi connectivity index (χ4v) is 2.25. The van der Waals surface area contributed by atoms with Gasteiger partial charge in [0.25, 0.3) is 0 Å². The Bertz CT molecular complexity index is 629. The van der Waals surface area contributed by atoms with Gasteiger partial charge in [0.1, 0.15) is 18.1 Å². The molecule has 2 rings (SSSR count). The second-order valence-corrected chi connectivity index (χ2v) is 5.25. The fraction of sp³-hybridized carbons (Fsp3) is 0.263. The monoisotopic (exact) mass is 295 g/mol. The lowest BCUT2D eigenvalue weighted by Crippen LogP contribution is -2.27. The van der Waals surface area contributed by atoms with Crippen LogP contribution in [0.1, 0.15) is 18.1 Å². The van der Waals surface area contributed by atoms with Crippen LogP contribution in [0.15, 0.2) is 48.5 Å². The minimum Gasteiger partial charge on any atom is -0.508 e. The van der Waals surface area contributed by atoms with Crippen LogP contribution in [0.2, 0.25) is 0 Å². The van der Waals surface area contributed by atoms with Crippen molar-refractivity contribution in [1.29, 1.82) is 0 Å². The zero-order valence-corrected chi connectivity index (χ0v) is 12.8. The predicted molar refractivity (Wildman–Crippen MR) is 88.9 cm³/mol. The van der Waals surface area contributed by atoms with Crippen molar-refractivity contribution in [2.75, 3.05) is 6.61 Å². The van der Waals surface area contributed by atoms with Gasteiger partial charge in [-0.15, -0.1) is 6.42 Å². The molecule has 3 heteroatoms. The summed E-state index contributed by atoms with van der Waals surface area (Å²) in [4.78, 5) is 0. The molecule has 0 spiro atoms. The standard InChI is InChI=1S/C19H21NO2/c1-3-12-22-19-7-5-4-6-17(19)14-20-15(2)13-16-8-10-18(21)11-9-16/h1,4-11,15,20-21H,12-14H2,2H3. The third-order valence-electron chi connectivity index (χ3n) is 3.40. The fourth-order valence-electron chi connectivity index (χ4n) is 2.25. The second kappa shape index (κ2) is 8.11. The number of para-hydroxylation sites is 1. The van der Waals surface area contributed by atoms with E-state index in [0.717, 1.165) is 24.3 Å². The molecule has 2 aromatic rings. The Balaban J connectivity index is 1.89. The number of benzene rings is 2. The Morgan fingerprint density at radius 2 is 1.91 bits per heavy atom. The summed E-state index contributed by atoms with van der Waals surface area (Å²) in [5, 5.41) is 12.8. The lowest BCUT2D eigenvalue weighted by molar-refractivity contribution is 0.363. The molecule has 0 aliphatic heterocycles. The van der Waals surface area contributed by atoms with Crippen LogP contribution in [0.3, 0.4) is 0 Å². The average Bonchev–Trinajstić information content (AvgIpc) is 2.54. The van der Waals surface area contributed by atoms with Gasteiger partial charge in [-0.2, -0.15) is 0 Å². The maximum Gasteiger partial charge on any atom is 0.148 e. The van der Waals surface area contributed by atoms with Crippen LogP contribution in [-0.2, 0) is 13.0 Å². The van der Waals surface area contributed by atoms with Crippen LogP contribution in [0.25, 0.3) is 0 Å². The van der Waals surface area contributed by atoms with Crippen LogP contribution in [-0.4, -0.2) is 17.8 Å². The van der Waals surface area contributed by atoms with Crippen LogP contribution >= 0.6 is 0 Å². The van der Waals surface area contributed by atoms with Gasteiger partial charge in [-0.25, -0.2) is 0 Å². The second-order valence-electron chi connectivity index (χ2n) is 5.25. The van der Waals surface area contributed by atoms with E-state index >= 15 is 0 Å². The Morgan fingerprint density at radius 1 is 1.18 bits per heavy atom. The molecule has 0 aliphatic rings. The number of ether oxygens (including phenoxy) is 1. The molecule has 0 saturated heterocycles. The highest BCUT2D eigenvalue weighted by atomic mass is 16.5. The molecule has 0 bridgehead atoms. The number of aromatic hydroxyl groups is 1. The Labute approximate surface area is 131 Å². The Kier molecular flexibility index (Phi) is 5.88. The molecular formula is C19H21NO2. The van der Waals surface area contributed by atoms with E-state index in [0.29, 0.717) is 11.8 Å². The molecule has 3 nitrogen and oxygen atoms in total. The number of hydrogen-bond donors (Lipinski definition) is 2. The summed E-state index contributed by atoms with van der Waals surface area (Å²) < 4.78 is 5.55. The third-order valence-corrected chi connectivity index (χ3v) is 3.40. The molecule has 0 amide bonds. The first-order valence-electron chi connectivity index (χ1n) is 7.34. The molecule has 0 aromatic heterocycles. The molecular weight excluding hydrogens is 274 g/mol. The molecule has 1 atom stereocenters. The van der Waals surface area contributed by atoms with E-state index in [2.05, 4.69) is 18.2 Å². The van der Waals surface area contributed by atoms with Crippen LogP contribution in [0, 0.1) is 12.3 Å². The normalized spacial score (nSPS) is 11.6. The maximum atomic E-state index is 9.30. The van der Waals surface area contributed by atoms with Gasteiger partial charge in [0.15, 0.2) is 0 Å². The van der Waals surface area contributed by atoms with Gasteiger partial charge in [0.2, 0.25) is 0 Å². The molecule has 0 heterocycles. The van der Waals surface area contributed by atoms with Crippen molar-refractivity contribution in [3.05, 3.63) is 59.7 Å². The number of terminal acetylenes is 1. The number of phenols is 1. The van der Waals surface area contributed by atoms with E-state index in [1.165, 1.54) is 5.56 Å². The predicted octanol–water partition coefficient (Wildman–Crippen LogP) is 3.13. The molecule has 2 N–H and O–H groups in total. The molecule has 0 aliphatic carbocycles. The van der Waals surface area contributed by atoms with Gasteiger partial charge in [-0.1, -0.05) is 36.3 Å². The topological polar surface area (TPSA) is 41.5 Å². The Hall–Kier alpha value is -2.44. The molecule has 1 unspecified atom stereocenters. The van der Waals surface area contributed by atoms with E-state index < -0.39 is 0 Å². The van der Waals surface area contributed by atoms with Crippen molar-refractivity contribution in [2.24, 2.45) is 0 Å². The van der Waals surface area contributed by atoms with Gasteiger partial charge < -0.3 is 15.2 Å². The van der Waals surface area contributed by atoms with Gasteiger partial charge in [-0.05, 0) is 37.1 Å². The van der Waals surface area contributed by atoms with Crippen LogP contribution < -0.4 is 10.1 Å². The first kappa shape index (κ1) is 15.9. The molecule has 22 heavy (non-hydrogen) atoms. The highest BCUT2D eigenvalue weighted by molar-refractivity contribution is 5.33. The van der Waals surface area contributed by atoms with Gasteiger partial charge in [0.05, 0.1) is 0 Å². The third kappa shape index (κ3) is 4.83. The number of phenolic OH excluding ortho intramolecular Hbond substituents is 1. The van der Waals surface area contributed by atoms with Crippen LogP contribution in [0.5, 0.6) is 11.5 Å². The lowest BCUT2D eigenvalue weighted by Gasteiger charge is -2.16. The summed E-state index contributed by atoms with van der Waals surface area (Å²) in [7, 11) is 0. The maximum absolute atomic E-state index is 9.30. The molecule has 0 fully saturated rings. The SMILES string of the molecule is C#CCOc1ccccc1CNC(C)Cc1ccc(O)cc1. The zero-order chi connectivity index (χ0) is 15.8. The molecule has 114 valence electrons. The smallest absolute Gasteiger partial charge is 0.148 e. The summed E-state index contributed by atoms with van der Waals surface area (Å²) in [6, 6.07) is 15.5. The van der Waals surface area contributed by atoms with E-state index in [-0.39, 0.29) is 6.61 Å². The minimum atomic E-state index is 0.278.